The zero-order valence-corrected chi connectivity index (χ0v) is 20.3. The molecule has 0 aliphatic heterocycles. The molecule has 0 heterocycles. The number of carbonyl (C=O) groups is 2. The van der Waals surface area contributed by atoms with Gasteiger partial charge in [-0.2, -0.15) is 0 Å². The first-order chi connectivity index (χ1) is 16.4. The molecule has 1 atom stereocenters. The van der Waals surface area contributed by atoms with Gasteiger partial charge in [-0.3, -0.25) is 9.59 Å². The second-order valence-corrected chi connectivity index (χ2v) is 8.36. The number of carbonyl (C=O) groups excluding carboxylic acids is 2. The number of ether oxygens (including phenoxy) is 2. The second kappa shape index (κ2) is 12.1. The van der Waals surface area contributed by atoms with E-state index in [2.05, 4.69) is 5.32 Å². The summed E-state index contributed by atoms with van der Waals surface area (Å²) >= 11 is 5.94. The highest BCUT2D eigenvalue weighted by Crippen LogP contribution is 2.27. The van der Waals surface area contributed by atoms with Crippen molar-refractivity contribution >= 4 is 23.4 Å². The van der Waals surface area contributed by atoms with Crippen molar-refractivity contribution in [1.82, 2.24) is 10.2 Å². The molecule has 0 spiro atoms. The fourth-order valence-electron chi connectivity index (χ4n) is 3.60. The maximum absolute atomic E-state index is 13.4. The largest absolute Gasteiger partial charge is 0.493 e. The summed E-state index contributed by atoms with van der Waals surface area (Å²) in [5, 5.41) is 3.45. The van der Waals surface area contributed by atoms with E-state index in [0.717, 1.165) is 11.1 Å². The molecule has 0 radical (unpaired) electrons. The van der Waals surface area contributed by atoms with Crippen LogP contribution in [0.1, 0.15) is 21.5 Å². The third-order valence-corrected chi connectivity index (χ3v) is 5.80. The Labute approximate surface area is 205 Å². The number of nitrogens with one attached hydrogen (secondary N) is 1. The molecule has 3 aromatic rings. The number of likely N-dealkylation sites (N-methyl/N-ethyl adjacent to an activating group) is 1. The van der Waals surface area contributed by atoms with Crippen LogP contribution in [0.5, 0.6) is 11.5 Å². The molecule has 0 fully saturated rings. The lowest BCUT2D eigenvalue weighted by molar-refractivity contribution is -0.131. The highest BCUT2D eigenvalue weighted by atomic mass is 35.5. The molecule has 6 nitrogen and oxygen atoms in total. The van der Waals surface area contributed by atoms with Crippen molar-refractivity contribution < 1.29 is 19.1 Å². The molecule has 3 aromatic carbocycles. The predicted octanol–water partition coefficient (Wildman–Crippen LogP) is 4.40. The Kier molecular flexibility index (Phi) is 8.93. The van der Waals surface area contributed by atoms with Crippen LogP contribution >= 0.6 is 11.6 Å². The van der Waals surface area contributed by atoms with Crippen LogP contribution in [0.4, 0.5) is 0 Å². The van der Waals surface area contributed by atoms with E-state index in [-0.39, 0.29) is 11.8 Å². The topological polar surface area (TPSA) is 67.9 Å². The molecule has 7 heteroatoms. The zero-order valence-electron chi connectivity index (χ0n) is 19.6. The van der Waals surface area contributed by atoms with Crippen LogP contribution in [0.2, 0.25) is 5.02 Å². The average Bonchev–Trinajstić information content (AvgIpc) is 2.87. The molecule has 3 rings (SSSR count). The molecular formula is C27H29ClN2O4. The van der Waals surface area contributed by atoms with Crippen molar-refractivity contribution in [1.29, 1.82) is 0 Å². The van der Waals surface area contributed by atoms with Gasteiger partial charge in [0.1, 0.15) is 6.04 Å². The number of methoxy groups -OCH3 is 2. The smallest absolute Gasteiger partial charge is 0.251 e. The molecule has 2 amide bonds. The fraction of sp³-hybridized carbons (Fsp3) is 0.259. The Morgan fingerprint density at radius 2 is 1.59 bits per heavy atom. The summed E-state index contributed by atoms with van der Waals surface area (Å²) in [5.41, 5.74) is 2.43. The number of hydrogen-bond acceptors (Lipinski definition) is 4. The minimum atomic E-state index is -0.707. The highest BCUT2D eigenvalue weighted by molar-refractivity contribution is 6.30. The van der Waals surface area contributed by atoms with Crippen LogP contribution in [0, 0.1) is 0 Å². The van der Waals surface area contributed by atoms with Crippen molar-refractivity contribution in [3.05, 3.63) is 94.5 Å². The molecule has 0 saturated heterocycles. The van der Waals surface area contributed by atoms with Crippen LogP contribution < -0.4 is 14.8 Å². The van der Waals surface area contributed by atoms with Crippen molar-refractivity contribution in [3.63, 3.8) is 0 Å². The molecule has 0 aliphatic rings. The van der Waals surface area contributed by atoms with Gasteiger partial charge in [-0.1, -0.05) is 48.0 Å². The van der Waals surface area contributed by atoms with Gasteiger partial charge in [0.25, 0.3) is 5.91 Å². The van der Waals surface area contributed by atoms with E-state index in [1.807, 2.05) is 48.5 Å². The van der Waals surface area contributed by atoms with Gasteiger partial charge < -0.3 is 19.7 Å². The number of halogens is 1. The Morgan fingerprint density at radius 3 is 2.24 bits per heavy atom. The third kappa shape index (κ3) is 6.75. The van der Waals surface area contributed by atoms with Gasteiger partial charge in [-0.05, 0) is 53.9 Å². The Balaban J connectivity index is 1.71. The molecular weight excluding hydrogens is 452 g/mol. The van der Waals surface area contributed by atoms with Gasteiger partial charge in [-0.15, -0.1) is 0 Å². The molecule has 0 aliphatic carbocycles. The summed E-state index contributed by atoms with van der Waals surface area (Å²) in [4.78, 5) is 27.8. The summed E-state index contributed by atoms with van der Waals surface area (Å²) in [6.45, 7) is 0.483. The highest BCUT2D eigenvalue weighted by Gasteiger charge is 2.25. The van der Waals surface area contributed by atoms with Gasteiger partial charge in [0, 0.05) is 30.6 Å². The van der Waals surface area contributed by atoms with Gasteiger partial charge in [0.2, 0.25) is 5.91 Å². The van der Waals surface area contributed by atoms with Crippen molar-refractivity contribution in [2.75, 3.05) is 27.8 Å². The Morgan fingerprint density at radius 1 is 0.912 bits per heavy atom. The number of benzene rings is 3. The first-order valence-electron chi connectivity index (χ1n) is 11.0. The summed E-state index contributed by atoms with van der Waals surface area (Å²) < 4.78 is 10.7. The van der Waals surface area contributed by atoms with Crippen LogP contribution in [0.15, 0.2) is 72.8 Å². The van der Waals surface area contributed by atoms with Crippen molar-refractivity contribution in [3.8, 4) is 11.5 Å². The predicted molar refractivity (Wildman–Crippen MR) is 134 cm³/mol. The van der Waals surface area contributed by atoms with Gasteiger partial charge >= 0.3 is 0 Å². The molecule has 1 N–H and O–H groups in total. The van der Waals surface area contributed by atoms with E-state index in [4.69, 9.17) is 21.1 Å². The van der Waals surface area contributed by atoms with Gasteiger partial charge in [0.15, 0.2) is 11.5 Å². The first-order valence-corrected chi connectivity index (χ1v) is 11.3. The van der Waals surface area contributed by atoms with E-state index in [1.165, 1.54) is 0 Å². The SMILES string of the molecule is COc1ccc(CCN(C)C(=O)C(Cc2ccccc2)NC(=O)c2ccc(Cl)cc2)cc1OC. The molecule has 0 bridgehead atoms. The van der Waals surface area contributed by atoms with E-state index in [9.17, 15) is 9.59 Å². The Hall–Kier alpha value is -3.51. The lowest BCUT2D eigenvalue weighted by Crippen LogP contribution is -2.49. The normalized spacial score (nSPS) is 11.4. The summed E-state index contributed by atoms with van der Waals surface area (Å²) in [6.07, 6.45) is 1.02. The number of amides is 2. The minimum absolute atomic E-state index is 0.161. The lowest BCUT2D eigenvalue weighted by atomic mass is 10.0. The van der Waals surface area contributed by atoms with Gasteiger partial charge in [-0.25, -0.2) is 0 Å². The zero-order chi connectivity index (χ0) is 24.5. The molecule has 1 unspecified atom stereocenters. The maximum atomic E-state index is 13.4. The summed E-state index contributed by atoms with van der Waals surface area (Å²) in [5.74, 6) is 0.820. The van der Waals surface area contributed by atoms with Crippen LogP contribution in [-0.4, -0.2) is 50.6 Å². The van der Waals surface area contributed by atoms with E-state index >= 15 is 0 Å². The first kappa shape index (κ1) is 25.1. The quantitative estimate of drug-likeness (QED) is 0.467. The summed E-state index contributed by atoms with van der Waals surface area (Å²) in [6, 6.07) is 21.2. The number of hydrogen-bond donors (Lipinski definition) is 1. The Bertz CT molecular complexity index is 1100. The van der Waals surface area contributed by atoms with Crippen molar-refractivity contribution in [2.24, 2.45) is 0 Å². The second-order valence-electron chi connectivity index (χ2n) is 7.92. The van der Waals surface area contributed by atoms with E-state index < -0.39 is 6.04 Å². The lowest BCUT2D eigenvalue weighted by Gasteiger charge is -2.25. The summed E-state index contributed by atoms with van der Waals surface area (Å²) in [7, 11) is 4.93. The molecule has 0 aromatic heterocycles. The van der Waals surface area contributed by atoms with Crippen LogP contribution in [-0.2, 0) is 17.6 Å². The minimum Gasteiger partial charge on any atom is -0.493 e. The maximum Gasteiger partial charge on any atom is 0.251 e. The molecule has 0 saturated carbocycles. The van der Waals surface area contributed by atoms with Crippen LogP contribution in [0.25, 0.3) is 0 Å². The third-order valence-electron chi connectivity index (χ3n) is 5.55. The van der Waals surface area contributed by atoms with Gasteiger partial charge in [0.05, 0.1) is 14.2 Å². The van der Waals surface area contributed by atoms with Crippen LogP contribution in [0.3, 0.4) is 0 Å². The standard InChI is InChI=1S/C27H29ClN2O4/c1-30(16-15-20-9-14-24(33-2)25(18-20)34-3)27(32)23(17-19-7-5-4-6-8-19)29-26(31)21-10-12-22(28)13-11-21/h4-14,18,23H,15-17H2,1-3H3,(H,29,31). The molecule has 34 heavy (non-hydrogen) atoms. The van der Waals surface area contributed by atoms with E-state index in [1.54, 1.807) is 50.4 Å². The van der Waals surface area contributed by atoms with Crippen molar-refractivity contribution in [2.45, 2.75) is 18.9 Å². The molecule has 178 valence electrons. The number of nitrogens with zero attached hydrogens (tertiary/aromatic N) is 1. The fourth-order valence-corrected chi connectivity index (χ4v) is 3.73. The average molecular weight is 481 g/mol. The number of rotatable bonds is 10. The van der Waals surface area contributed by atoms with E-state index in [0.29, 0.717) is 41.5 Å². The monoisotopic (exact) mass is 480 g/mol.